The SMILES string of the molecule is C[C@@H]1CN2CCC[C@@H]2CN1S(=O)(=O)c1c[nH]c2ncccc12. The average Bonchev–Trinajstić information content (AvgIpc) is 3.12. The molecule has 0 spiro atoms. The van der Waals surface area contributed by atoms with Crippen molar-refractivity contribution in [3.8, 4) is 0 Å². The molecule has 2 aromatic heterocycles. The number of piperazine rings is 1. The van der Waals surface area contributed by atoms with Crippen LogP contribution in [0.2, 0.25) is 0 Å². The first-order valence-corrected chi connectivity index (χ1v) is 9.19. The molecule has 0 saturated carbocycles. The Morgan fingerprint density at radius 2 is 2.23 bits per heavy atom. The number of pyridine rings is 1. The third-order valence-electron chi connectivity index (χ3n) is 4.88. The van der Waals surface area contributed by atoms with Crippen molar-refractivity contribution in [3.63, 3.8) is 0 Å². The van der Waals surface area contributed by atoms with Gasteiger partial charge in [-0.1, -0.05) is 0 Å². The van der Waals surface area contributed by atoms with Crippen LogP contribution >= 0.6 is 0 Å². The molecule has 7 heteroatoms. The van der Waals surface area contributed by atoms with Crippen LogP contribution in [0.4, 0.5) is 0 Å². The number of nitrogens with one attached hydrogen (secondary N) is 1. The Morgan fingerprint density at radius 3 is 3.09 bits per heavy atom. The fraction of sp³-hybridized carbons (Fsp3) is 0.533. The molecule has 1 N–H and O–H groups in total. The van der Waals surface area contributed by atoms with Crippen LogP contribution in [0.3, 0.4) is 0 Å². The molecule has 0 unspecified atom stereocenters. The monoisotopic (exact) mass is 320 g/mol. The van der Waals surface area contributed by atoms with E-state index in [0.717, 1.165) is 19.5 Å². The number of fused-ring (bicyclic) bond motifs is 2. The Kier molecular flexibility index (Phi) is 3.25. The third kappa shape index (κ3) is 2.07. The predicted octanol–water partition coefficient (Wildman–Crippen LogP) is 1.42. The van der Waals surface area contributed by atoms with Crippen LogP contribution < -0.4 is 0 Å². The van der Waals surface area contributed by atoms with E-state index in [1.54, 1.807) is 22.8 Å². The summed E-state index contributed by atoms with van der Waals surface area (Å²) in [5, 5.41) is 0.670. The smallest absolute Gasteiger partial charge is 0.245 e. The highest BCUT2D eigenvalue weighted by atomic mass is 32.2. The number of sulfonamides is 1. The fourth-order valence-electron chi connectivity index (χ4n) is 3.77. The van der Waals surface area contributed by atoms with Crippen LogP contribution in [-0.4, -0.2) is 59.3 Å². The Hall–Kier alpha value is -1.44. The summed E-state index contributed by atoms with van der Waals surface area (Å²) in [7, 11) is -3.50. The van der Waals surface area contributed by atoms with Gasteiger partial charge in [-0.3, -0.25) is 4.90 Å². The molecule has 2 aliphatic rings. The second-order valence-corrected chi connectivity index (χ2v) is 8.13. The van der Waals surface area contributed by atoms with Gasteiger partial charge in [0.15, 0.2) is 0 Å². The largest absolute Gasteiger partial charge is 0.345 e. The van der Waals surface area contributed by atoms with Gasteiger partial charge in [0, 0.05) is 43.0 Å². The molecule has 2 saturated heterocycles. The lowest BCUT2D eigenvalue weighted by atomic mass is 10.1. The summed E-state index contributed by atoms with van der Waals surface area (Å²) in [5.41, 5.74) is 0.619. The number of aromatic amines is 1. The molecule has 0 radical (unpaired) electrons. The molecule has 0 aliphatic carbocycles. The van der Waals surface area contributed by atoms with Gasteiger partial charge in [0.05, 0.1) is 0 Å². The van der Waals surface area contributed by atoms with E-state index >= 15 is 0 Å². The Bertz CT molecular complexity index is 801. The van der Waals surface area contributed by atoms with E-state index in [1.165, 1.54) is 6.42 Å². The topological polar surface area (TPSA) is 69.3 Å². The highest BCUT2D eigenvalue weighted by Gasteiger charge is 2.40. The summed E-state index contributed by atoms with van der Waals surface area (Å²) < 4.78 is 27.9. The molecule has 2 atom stereocenters. The summed E-state index contributed by atoms with van der Waals surface area (Å²) in [6.45, 7) is 4.51. The zero-order chi connectivity index (χ0) is 15.3. The van der Waals surface area contributed by atoms with Crippen molar-refractivity contribution in [1.82, 2.24) is 19.2 Å². The number of hydrogen-bond acceptors (Lipinski definition) is 4. The molecule has 118 valence electrons. The van der Waals surface area contributed by atoms with E-state index in [2.05, 4.69) is 14.9 Å². The molecule has 4 heterocycles. The summed E-state index contributed by atoms with van der Waals surface area (Å²) in [6.07, 6.45) is 5.49. The third-order valence-corrected chi connectivity index (χ3v) is 6.90. The van der Waals surface area contributed by atoms with Gasteiger partial charge >= 0.3 is 0 Å². The molecule has 2 fully saturated rings. The summed E-state index contributed by atoms with van der Waals surface area (Å²) in [6, 6.07) is 3.95. The molecule has 22 heavy (non-hydrogen) atoms. The molecule has 2 aliphatic heterocycles. The lowest BCUT2D eigenvalue weighted by molar-refractivity contribution is 0.117. The molecule has 6 nitrogen and oxygen atoms in total. The van der Waals surface area contributed by atoms with E-state index in [9.17, 15) is 8.42 Å². The minimum Gasteiger partial charge on any atom is -0.345 e. The van der Waals surface area contributed by atoms with Crippen LogP contribution in [0.15, 0.2) is 29.4 Å². The molecule has 0 aromatic carbocycles. The Morgan fingerprint density at radius 1 is 1.36 bits per heavy atom. The predicted molar refractivity (Wildman–Crippen MR) is 84.0 cm³/mol. The van der Waals surface area contributed by atoms with Gasteiger partial charge in [0.1, 0.15) is 10.5 Å². The lowest BCUT2D eigenvalue weighted by Gasteiger charge is -2.41. The zero-order valence-electron chi connectivity index (χ0n) is 12.6. The van der Waals surface area contributed by atoms with E-state index in [0.29, 0.717) is 28.5 Å². The number of aromatic nitrogens is 2. The highest BCUT2D eigenvalue weighted by molar-refractivity contribution is 7.89. The van der Waals surface area contributed by atoms with Gasteiger partial charge in [-0.05, 0) is 38.4 Å². The van der Waals surface area contributed by atoms with Crippen LogP contribution in [0.25, 0.3) is 11.0 Å². The molecular formula is C15H20N4O2S. The van der Waals surface area contributed by atoms with E-state index in [4.69, 9.17) is 0 Å². The maximum atomic E-state index is 13.1. The zero-order valence-corrected chi connectivity index (χ0v) is 13.4. The summed E-state index contributed by atoms with van der Waals surface area (Å²) in [4.78, 5) is 9.92. The molecule has 0 bridgehead atoms. The van der Waals surface area contributed by atoms with Crippen molar-refractivity contribution in [3.05, 3.63) is 24.5 Å². The molecule has 0 amide bonds. The quantitative estimate of drug-likeness (QED) is 0.908. The van der Waals surface area contributed by atoms with Gasteiger partial charge in [-0.25, -0.2) is 13.4 Å². The minimum atomic E-state index is -3.50. The van der Waals surface area contributed by atoms with Gasteiger partial charge < -0.3 is 4.98 Å². The van der Waals surface area contributed by atoms with Crippen molar-refractivity contribution in [2.75, 3.05) is 19.6 Å². The first-order valence-electron chi connectivity index (χ1n) is 7.75. The van der Waals surface area contributed by atoms with Crippen molar-refractivity contribution in [2.24, 2.45) is 0 Å². The second-order valence-electron chi connectivity index (χ2n) is 6.27. The number of rotatable bonds is 2. The average molecular weight is 320 g/mol. The van der Waals surface area contributed by atoms with Crippen LogP contribution in [0, 0.1) is 0 Å². The highest BCUT2D eigenvalue weighted by Crippen LogP contribution is 2.31. The van der Waals surface area contributed by atoms with Crippen molar-refractivity contribution < 1.29 is 8.42 Å². The van der Waals surface area contributed by atoms with E-state index < -0.39 is 10.0 Å². The van der Waals surface area contributed by atoms with Crippen molar-refractivity contribution >= 4 is 21.1 Å². The van der Waals surface area contributed by atoms with E-state index in [-0.39, 0.29) is 6.04 Å². The molecule has 2 aromatic rings. The second kappa shape index (κ2) is 5.04. The standard InChI is InChI=1S/C15H20N4O2S/c1-11-9-18-7-3-4-12(18)10-19(11)22(20,21)14-8-17-15-13(14)5-2-6-16-15/h2,5-6,8,11-12H,3-4,7,9-10H2,1H3,(H,16,17)/t11-,12-/m1/s1. The van der Waals surface area contributed by atoms with Crippen molar-refractivity contribution in [1.29, 1.82) is 0 Å². The first kappa shape index (κ1) is 14.2. The Labute approximate surface area is 130 Å². The van der Waals surface area contributed by atoms with Crippen LogP contribution in [0.5, 0.6) is 0 Å². The molecule has 4 rings (SSSR count). The Balaban J connectivity index is 1.74. The normalized spacial score (nSPS) is 27.3. The number of H-pyrrole nitrogens is 1. The van der Waals surface area contributed by atoms with Gasteiger partial charge in [0.2, 0.25) is 10.0 Å². The fourth-order valence-corrected chi connectivity index (χ4v) is 5.58. The summed E-state index contributed by atoms with van der Waals surface area (Å²) >= 11 is 0. The van der Waals surface area contributed by atoms with Gasteiger partial charge in [0.25, 0.3) is 0 Å². The summed E-state index contributed by atoms with van der Waals surface area (Å²) in [5.74, 6) is 0. The van der Waals surface area contributed by atoms with Gasteiger partial charge in [-0.15, -0.1) is 0 Å². The first-order chi connectivity index (χ1) is 10.6. The van der Waals surface area contributed by atoms with Crippen LogP contribution in [0.1, 0.15) is 19.8 Å². The van der Waals surface area contributed by atoms with E-state index in [1.807, 2.05) is 13.0 Å². The maximum absolute atomic E-state index is 13.1. The molecular weight excluding hydrogens is 300 g/mol. The minimum absolute atomic E-state index is 0.000899. The lowest BCUT2D eigenvalue weighted by Crippen LogP contribution is -2.56. The van der Waals surface area contributed by atoms with Crippen LogP contribution in [-0.2, 0) is 10.0 Å². The van der Waals surface area contributed by atoms with Crippen molar-refractivity contribution in [2.45, 2.75) is 36.7 Å². The number of nitrogens with zero attached hydrogens (tertiary/aromatic N) is 3. The maximum Gasteiger partial charge on any atom is 0.245 e. The van der Waals surface area contributed by atoms with Gasteiger partial charge in [-0.2, -0.15) is 4.31 Å². The number of hydrogen-bond donors (Lipinski definition) is 1.